The largest absolute Gasteiger partial charge is 0.468 e. The van der Waals surface area contributed by atoms with Crippen LogP contribution >= 0.6 is 11.8 Å². The highest BCUT2D eigenvalue weighted by molar-refractivity contribution is 8.00. The molecule has 1 amide bonds. The predicted octanol–water partition coefficient (Wildman–Crippen LogP) is 3.77. The van der Waals surface area contributed by atoms with Crippen LogP contribution in [0.2, 0.25) is 0 Å². The quantitative estimate of drug-likeness (QED) is 0.523. The lowest BCUT2D eigenvalue weighted by Gasteiger charge is -2.09. The van der Waals surface area contributed by atoms with Gasteiger partial charge in [-0.3, -0.25) is 4.79 Å². The molecule has 6 nitrogen and oxygen atoms in total. The summed E-state index contributed by atoms with van der Waals surface area (Å²) >= 11 is 0.905. The number of amides is 1. The minimum atomic E-state index is -3.81. The molecule has 152 valence electrons. The Morgan fingerprint density at radius 3 is 2.62 bits per heavy atom. The summed E-state index contributed by atoms with van der Waals surface area (Å²) < 4.78 is 58.8. The van der Waals surface area contributed by atoms with Crippen molar-refractivity contribution >= 4 is 33.4 Å². The molecule has 0 atom stereocenters. The van der Waals surface area contributed by atoms with Gasteiger partial charge in [-0.25, -0.2) is 21.9 Å². The van der Waals surface area contributed by atoms with Gasteiger partial charge in [-0.2, -0.15) is 0 Å². The maximum atomic E-state index is 13.6. The predicted molar refractivity (Wildman–Crippen MR) is 105 cm³/mol. The Labute approximate surface area is 170 Å². The first-order valence-electron chi connectivity index (χ1n) is 8.33. The lowest BCUT2D eigenvalue weighted by molar-refractivity contribution is -0.113. The van der Waals surface area contributed by atoms with E-state index in [0.29, 0.717) is 5.76 Å². The summed E-state index contributed by atoms with van der Waals surface area (Å²) in [4.78, 5) is 12.2. The number of anilines is 1. The summed E-state index contributed by atoms with van der Waals surface area (Å²) in [5.41, 5.74) is 0.274. The number of hydrogen-bond acceptors (Lipinski definition) is 5. The highest BCUT2D eigenvalue weighted by atomic mass is 32.2. The third-order valence-corrected chi connectivity index (χ3v) is 6.14. The number of carbonyl (C=O) groups is 1. The van der Waals surface area contributed by atoms with E-state index in [1.165, 1.54) is 36.6 Å². The van der Waals surface area contributed by atoms with Crippen LogP contribution in [-0.4, -0.2) is 20.1 Å². The van der Waals surface area contributed by atoms with Crippen molar-refractivity contribution in [1.82, 2.24) is 4.72 Å². The first-order chi connectivity index (χ1) is 13.8. The van der Waals surface area contributed by atoms with Crippen LogP contribution in [0.25, 0.3) is 0 Å². The standard InChI is InChI=1S/C19H16F2N2O4S2/c20-13-6-7-18(17(21)9-13)28-12-19(24)23-14-3-1-5-16(10-14)29(25,26)22-11-15-4-2-8-27-15/h1-10,22H,11-12H2,(H,23,24). The van der Waals surface area contributed by atoms with Gasteiger partial charge < -0.3 is 9.73 Å². The van der Waals surface area contributed by atoms with E-state index in [4.69, 9.17) is 4.42 Å². The molecule has 0 fully saturated rings. The summed E-state index contributed by atoms with van der Waals surface area (Å²) in [6, 6.07) is 12.1. The Morgan fingerprint density at radius 2 is 1.90 bits per heavy atom. The number of benzene rings is 2. The van der Waals surface area contributed by atoms with E-state index >= 15 is 0 Å². The summed E-state index contributed by atoms with van der Waals surface area (Å²) in [7, 11) is -3.81. The fraction of sp³-hybridized carbons (Fsp3) is 0.105. The van der Waals surface area contributed by atoms with E-state index < -0.39 is 27.6 Å². The fourth-order valence-corrected chi connectivity index (χ4v) is 4.09. The van der Waals surface area contributed by atoms with Crippen LogP contribution in [0.3, 0.4) is 0 Å². The van der Waals surface area contributed by atoms with Gasteiger partial charge in [-0.05, 0) is 42.5 Å². The van der Waals surface area contributed by atoms with Crippen LogP contribution < -0.4 is 10.0 Å². The zero-order valence-corrected chi connectivity index (χ0v) is 16.5. The van der Waals surface area contributed by atoms with Crippen molar-refractivity contribution < 1.29 is 26.4 Å². The summed E-state index contributed by atoms with van der Waals surface area (Å²) in [5.74, 6) is -1.58. The second kappa shape index (κ2) is 9.21. The van der Waals surface area contributed by atoms with E-state index in [2.05, 4.69) is 10.0 Å². The summed E-state index contributed by atoms with van der Waals surface area (Å²) in [5, 5.41) is 2.56. The lowest BCUT2D eigenvalue weighted by atomic mass is 10.3. The SMILES string of the molecule is O=C(CSc1ccc(F)cc1F)Nc1cccc(S(=O)(=O)NCc2ccco2)c1. The third-order valence-electron chi connectivity index (χ3n) is 3.70. The van der Waals surface area contributed by atoms with Crippen molar-refractivity contribution in [1.29, 1.82) is 0 Å². The van der Waals surface area contributed by atoms with E-state index in [1.54, 1.807) is 12.1 Å². The fourth-order valence-electron chi connectivity index (χ4n) is 2.34. The summed E-state index contributed by atoms with van der Waals surface area (Å²) in [6.07, 6.45) is 1.44. The van der Waals surface area contributed by atoms with Gasteiger partial charge in [-0.15, -0.1) is 11.8 Å². The van der Waals surface area contributed by atoms with Crippen LogP contribution in [0.1, 0.15) is 5.76 Å². The smallest absolute Gasteiger partial charge is 0.241 e. The zero-order chi connectivity index (χ0) is 20.9. The van der Waals surface area contributed by atoms with Crippen LogP contribution in [0.5, 0.6) is 0 Å². The second-order valence-electron chi connectivity index (χ2n) is 5.84. The molecule has 2 N–H and O–H groups in total. The lowest BCUT2D eigenvalue weighted by Crippen LogP contribution is -2.23. The van der Waals surface area contributed by atoms with Crippen LogP contribution in [0.15, 0.2) is 75.1 Å². The highest BCUT2D eigenvalue weighted by Gasteiger charge is 2.16. The minimum absolute atomic E-state index is 0.00814. The van der Waals surface area contributed by atoms with E-state index in [9.17, 15) is 22.0 Å². The van der Waals surface area contributed by atoms with E-state index in [-0.39, 0.29) is 27.8 Å². The van der Waals surface area contributed by atoms with Gasteiger partial charge in [-0.1, -0.05) is 6.07 Å². The van der Waals surface area contributed by atoms with Crippen LogP contribution in [0, 0.1) is 11.6 Å². The maximum Gasteiger partial charge on any atom is 0.241 e. The Bertz CT molecular complexity index is 1100. The molecule has 0 spiro atoms. The van der Waals surface area contributed by atoms with Crippen molar-refractivity contribution in [2.45, 2.75) is 16.3 Å². The van der Waals surface area contributed by atoms with Crippen molar-refractivity contribution in [3.63, 3.8) is 0 Å². The molecule has 0 unspecified atom stereocenters. The molecule has 2 aromatic carbocycles. The monoisotopic (exact) mass is 438 g/mol. The first-order valence-corrected chi connectivity index (χ1v) is 10.8. The molecule has 1 heterocycles. The Balaban J connectivity index is 1.60. The highest BCUT2D eigenvalue weighted by Crippen LogP contribution is 2.23. The first kappa shape index (κ1) is 21.0. The minimum Gasteiger partial charge on any atom is -0.468 e. The average Bonchev–Trinajstić information content (AvgIpc) is 3.20. The normalized spacial score (nSPS) is 11.4. The van der Waals surface area contributed by atoms with Crippen molar-refractivity contribution in [2.75, 3.05) is 11.1 Å². The van der Waals surface area contributed by atoms with Crippen LogP contribution in [0.4, 0.5) is 14.5 Å². The van der Waals surface area contributed by atoms with E-state index in [1.807, 2.05) is 0 Å². The van der Waals surface area contributed by atoms with Gasteiger partial charge in [0.1, 0.15) is 17.4 Å². The molecule has 0 aliphatic rings. The maximum absolute atomic E-state index is 13.6. The summed E-state index contributed by atoms with van der Waals surface area (Å²) in [6.45, 7) is -0.00814. The third kappa shape index (κ3) is 5.89. The molecule has 10 heteroatoms. The number of sulfonamides is 1. The Kier molecular flexibility index (Phi) is 6.68. The molecule has 29 heavy (non-hydrogen) atoms. The number of furan rings is 1. The van der Waals surface area contributed by atoms with Gasteiger partial charge in [0.05, 0.1) is 23.5 Å². The number of rotatable bonds is 8. The molecule has 0 bridgehead atoms. The van der Waals surface area contributed by atoms with E-state index in [0.717, 1.165) is 23.9 Å². The molecule has 0 saturated carbocycles. The van der Waals surface area contributed by atoms with Crippen molar-refractivity contribution in [3.8, 4) is 0 Å². The molecule has 3 aromatic rings. The van der Waals surface area contributed by atoms with Crippen molar-refractivity contribution in [2.24, 2.45) is 0 Å². The number of carbonyl (C=O) groups excluding carboxylic acids is 1. The number of nitrogens with one attached hydrogen (secondary N) is 2. The van der Waals surface area contributed by atoms with Crippen LogP contribution in [-0.2, 0) is 21.4 Å². The zero-order valence-electron chi connectivity index (χ0n) is 14.9. The van der Waals surface area contributed by atoms with Gasteiger partial charge >= 0.3 is 0 Å². The number of hydrogen-bond donors (Lipinski definition) is 2. The average molecular weight is 438 g/mol. The van der Waals surface area contributed by atoms with Gasteiger partial charge in [0.15, 0.2) is 0 Å². The Hall–Kier alpha value is -2.69. The van der Waals surface area contributed by atoms with Gasteiger partial charge in [0, 0.05) is 16.6 Å². The van der Waals surface area contributed by atoms with Gasteiger partial charge in [0.2, 0.25) is 15.9 Å². The second-order valence-corrected chi connectivity index (χ2v) is 8.63. The Morgan fingerprint density at radius 1 is 1.07 bits per heavy atom. The molecular formula is C19H16F2N2O4S2. The number of thioether (sulfide) groups is 1. The molecule has 1 aromatic heterocycles. The topological polar surface area (TPSA) is 88.4 Å². The molecule has 0 aliphatic heterocycles. The molecule has 0 aliphatic carbocycles. The molecule has 0 radical (unpaired) electrons. The van der Waals surface area contributed by atoms with Crippen molar-refractivity contribution in [3.05, 3.63) is 78.3 Å². The molecule has 3 rings (SSSR count). The van der Waals surface area contributed by atoms with Gasteiger partial charge in [0.25, 0.3) is 0 Å². The molecule has 0 saturated heterocycles. The molecular weight excluding hydrogens is 422 g/mol. The number of halogens is 2.